The van der Waals surface area contributed by atoms with E-state index in [1.54, 1.807) is 43.3 Å². The fourth-order valence-corrected chi connectivity index (χ4v) is 5.17. The lowest BCUT2D eigenvalue weighted by atomic mass is 10.1. The van der Waals surface area contributed by atoms with Crippen LogP contribution in [0.25, 0.3) is 10.9 Å². The van der Waals surface area contributed by atoms with E-state index >= 15 is 0 Å². The van der Waals surface area contributed by atoms with Gasteiger partial charge < -0.3 is 15.0 Å². The van der Waals surface area contributed by atoms with Crippen molar-refractivity contribution in [1.29, 1.82) is 0 Å². The average Bonchev–Trinajstić information content (AvgIpc) is 3.10. The van der Waals surface area contributed by atoms with Crippen LogP contribution in [0.1, 0.15) is 16.8 Å². The van der Waals surface area contributed by atoms with Gasteiger partial charge in [0.05, 0.1) is 24.1 Å². The molecular formula is C25H25N3O4S. The van der Waals surface area contributed by atoms with Crippen molar-refractivity contribution in [2.75, 3.05) is 17.1 Å². The Labute approximate surface area is 192 Å². The van der Waals surface area contributed by atoms with Gasteiger partial charge in [-0.1, -0.05) is 36.4 Å². The number of hydrogen-bond acceptors (Lipinski definition) is 4. The maximum absolute atomic E-state index is 13.1. The number of aromatic nitrogens is 1. The number of carbonyl (C=O) groups excluding carboxylic acids is 1. The summed E-state index contributed by atoms with van der Waals surface area (Å²) < 4.78 is 34.0. The van der Waals surface area contributed by atoms with Crippen molar-refractivity contribution >= 4 is 38.2 Å². The molecule has 0 unspecified atom stereocenters. The zero-order valence-corrected chi connectivity index (χ0v) is 19.4. The molecule has 0 aliphatic carbocycles. The summed E-state index contributed by atoms with van der Waals surface area (Å²) in [7, 11) is -2.43. The first-order valence-electron chi connectivity index (χ1n) is 10.4. The predicted molar refractivity (Wildman–Crippen MR) is 130 cm³/mol. The second-order valence-corrected chi connectivity index (χ2v) is 9.44. The summed E-state index contributed by atoms with van der Waals surface area (Å²) >= 11 is 0. The molecule has 1 amide bonds. The molecule has 0 atom stereocenters. The molecule has 0 saturated carbocycles. The van der Waals surface area contributed by atoms with E-state index in [1.165, 1.54) is 13.2 Å². The van der Waals surface area contributed by atoms with E-state index in [9.17, 15) is 13.2 Å². The molecule has 7 nitrogen and oxygen atoms in total. The number of sulfonamides is 1. The maximum Gasteiger partial charge on any atom is 0.262 e. The van der Waals surface area contributed by atoms with Crippen molar-refractivity contribution in [1.82, 2.24) is 4.98 Å². The second kappa shape index (κ2) is 8.99. The van der Waals surface area contributed by atoms with Crippen molar-refractivity contribution < 1.29 is 17.9 Å². The molecule has 0 bridgehead atoms. The van der Waals surface area contributed by atoms with Crippen LogP contribution < -0.4 is 14.8 Å². The second-order valence-electron chi connectivity index (χ2n) is 7.79. The van der Waals surface area contributed by atoms with Gasteiger partial charge in [0.2, 0.25) is 5.91 Å². The third-order valence-electron chi connectivity index (χ3n) is 5.48. The molecule has 0 fully saturated rings. The summed E-state index contributed by atoms with van der Waals surface area (Å²) in [6.07, 6.45) is 0.172. The number of carbonyl (C=O) groups is 1. The smallest absolute Gasteiger partial charge is 0.262 e. The van der Waals surface area contributed by atoms with Crippen molar-refractivity contribution in [3.05, 3.63) is 83.6 Å². The molecule has 0 spiro atoms. The van der Waals surface area contributed by atoms with Gasteiger partial charge in [0, 0.05) is 22.3 Å². The van der Waals surface area contributed by atoms with E-state index < -0.39 is 10.0 Å². The van der Waals surface area contributed by atoms with Crippen LogP contribution in [0.4, 0.5) is 11.4 Å². The third kappa shape index (κ3) is 4.70. The lowest BCUT2D eigenvalue weighted by molar-refractivity contribution is -0.115. The Morgan fingerprint density at radius 3 is 2.52 bits per heavy atom. The molecule has 1 aromatic heterocycles. The third-order valence-corrected chi connectivity index (χ3v) is 6.98. The average molecular weight is 464 g/mol. The monoisotopic (exact) mass is 463 g/mol. The largest absolute Gasteiger partial charge is 0.495 e. The molecule has 0 aliphatic heterocycles. The molecule has 33 heavy (non-hydrogen) atoms. The van der Waals surface area contributed by atoms with Gasteiger partial charge in [-0.05, 0) is 55.3 Å². The van der Waals surface area contributed by atoms with Gasteiger partial charge in [-0.3, -0.25) is 9.52 Å². The highest BCUT2D eigenvalue weighted by Gasteiger charge is 2.20. The number of rotatable bonds is 7. The van der Waals surface area contributed by atoms with Crippen LogP contribution in [0.3, 0.4) is 0 Å². The van der Waals surface area contributed by atoms with E-state index in [0.717, 1.165) is 22.2 Å². The molecule has 4 aromatic rings. The van der Waals surface area contributed by atoms with Crippen molar-refractivity contribution in [3.63, 3.8) is 0 Å². The van der Waals surface area contributed by atoms with Crippen LogP contribution >= 0.6 is 0 Å². The van der Waals surface area contributed by atoms with Gasteiger partial charge in [0.15, 0.2) is 0 Å². The van der Waals surface area contributed by atoms with Gasteiger partial charge in [-0.25, -0.2) is 8.42 Å². The first-order chi connectivity index (χ1) is 15.8. The van der Waals surface area contributed by atoms with Gasteiger partial charge in [0.25, 0.3) is 10.0 Å². The predicted octanol–water partition coefficient (Wildman–Crippen LogP) is 4.78. The Bertz CT molecular complexity index is 1440. The van der Waals surface area contributed by atoms with Crippen LogP contribution in [0.5, 0.6) is 5.75 Å². The molecule has 4 rings (SSSR count). The van der Waals surface area contributed by atoms with Crippen molar-refractivity contribution in [2.45, 2.75) is 25.2 Å². The Morgan fingerprint density at radius 2 is 1.73 bits per heavy atom. The number of aryl methyl sites for hydroxylation is 2. The van der Waals surface area contributed by atoms with Crippen LogP contribution in [-0.2, 0) is 21.2 Å². The fourth-order valence-electron chi connectivity index (χ4n) is 3.82. The molecule has 0 aliphatic rings. The Kier molecular flexibility index (Phi) is 6.11. The number of aromatic amines is 1. The standard InChI is InChI=1S/C25H25N3O4S/c1-16-12-13-18(14-24(16)33(30,31)28-22-10-6-7-11-23(22)32-3)27-25(29)15-20-17(2)26-21-9-5-4-8-19(20)21/h4-14,26,28H,15H2,1-3H3,(H,27,29). The normalized spacial score (nSPS) is 11.4. The van der Waals surface area contributed by atoms with Gasteiger partial charge in [-0.15, -0.1) is 0 Å². The molecule has 8 heteroatoms. The Morgan fingerprint density at radius 1 is 1.00 bits per heavy atom. The molecule has 3 aromatic carbocycles. The van der Waals surface area contributed by atoms with E-state index in [1.807, 2.05) is 31.2 Å². The number of para-hydroxylation sites is 3. The molecule has 0 saturated heterocycles. The number of methoxy groups -OCH3 is 1. The minimum Gasteiger partial charge on any atom is -0.495 e. The number of amides is 1. The van der Waals surface area contributed by atoms with Crippen LogP contribution in [0.15, 0.2) is 71.6 Å². The quantitative estimate of drug-likeness (QED) is 0.367. The zero-order valence-electron chi connectivity index (χ0n) is 18.6. The summed E-state index contributed by atoms with van der Waals surface area (Å²) in [5.41, 5.74) is 4.12. The van der Waals surface area contributed by atoms with Crippen LogP contribution in [0.2, 0.25) is 0 Å². The van der Waals surface area contributed by atoms with Crippen molar-refractivity contribution in [2.24, 2.45) is 0 Å². The minimum absolute atomic E-state index is 0.0782. The first-order valence-corrected chi connectivity index (χ1v) is 11.9. The Hall–Kier alpha value is -3.78. The summed E-state index contributed by atoms with van der Waals surface area (Å²) in [6, 6.07) is 19.4. The lowest BCUT2D eigenvalue weighted by Crippen LogP contribution is -2.17. The van der Waals surface area contributed by atoms with E-state index in [0.29, 0.717) is 22.7 Å². The van der Waals surface area contributed by atoms with Gasteiger partial charge in [-0.2, -0.15) is 0 Å². The minimum atomic E-state index is -3.91. The molecule has 1 heterocycles. The number of ether oxygens (including phenoxy) is 1. The van der Waals surface area contributed by atoms with E-state index in [4.69, 9.17) is 4.74 Å². The summed E-state index contributed by atoms with van der Waals surface area (Å²) in [6.45, 7) is 3.64. The highest BCUT2D eigenvalue weighted by atomic mass is 32.2. The fraction of sp³-hybridized carbons (Fsp3) is 0.160. The van der Waals surface area contributed by atoms with E-state index in [-0.39, 0.29) is 17.2 Å². The lowest BCUT2D eigenvalue weighted by Gasteiger charge is -2.14. The molecule has 170 valence electrons. The van der Waals surface area contributed by atoms with Crippen molar-refractivity contribution in [3.8, 4) is 5.75 Å². The highest BCUT2D eigenvalue weighted by molar-refractivity contribution is 7.92. The molecule has 3 N–H and O–H groups in total. The number of H-pyrrole nitrogens is 1. The SMILES string of the molecule is COc1ccccc1NS(=O)(=O)c1cc(NC(=O)Cc2c(C)[nH]c3ccccc23)ccc1C. The summed E-state index contributed by atoms with van der Waals surface area (Å²) in [4.78, 5) is 16.2. The van der Waals surface area contributed by atoms with Gasteiger partial charge >= 0.3 is 0 Å². The topological polar surface area (TPSA) is 100 Å². The highest BCUT2D eigenvalue weighted by Crippen LogP contribution is 2.28. The molecular weight excluding hydrogens is 438 g/mol. The number of hydrogen-bond donors (Lipinski definition) is 3. The number of fused-ring (bicyclic) bond motifs is 1. The first kappa shape index (κ1) is 22.4. The van der Waals surface area contributed by atoms with Gasteiger partial charge in [0.1, 0.15) is 5.75 Å². The molecule has 0 radical (unpaired) electrons. The Balaban J connectivity index is 1.56. The van der Waals surface area contributed by atoms with E-state index in [2.05, 4.69) is 15.0 Å². The maximum atomic E-state index is 13.1. The number of benzene rings is 3. The number of nitrogens with one attached hydrogen (secondary N) is 3. The zero-order chi connectivity index (χ0) is 23.6. The van der Waals surface area contributed by atoms with Crippen LogP contribution in [-0.4, -0.2) is 26.4 Å². The summed E-state index contributed by atoms with van der Waals surface area (Å²) in [5, 5.41) is 3.83. The van der Waals surface area contributed by atoms with Crippen LogP contribution in [0, 0.1) is 13.8 Å². The summed E-state index contributed by atoms with van der Waals surface area (Å²) in [5.74, 6) is 0.185. The number of anilines is 2.